The van der Waals surface area contributed by atoms with E-state index in [4.69, 9.17) is 5.73 Å². The molecule has 1 heterocycles. The van der Waals surface area contributed by atoms with Crippen LogP contribution in [0.2, 0.25) is 0 Å². The summed E-state index contributed by atoms with van der Waals surface area (Å²) in [7, 11) is 0. The highest BCUT2D eigenvalue weighted by molar-refractivity contribution is 5.85. The molecule has 0 unspecified atom stereocenters. The Labute approximate surface area is 75.3 Å². The average molecular weight is 201 g/mol. The van der Waals surface area contributed by atoms with Gasteiger partial charge in [-0.05, 0) is 0 Å². The molecular weight excluding hydrogens is 190 g/mol. The van der Waals surface area contributed by atoms with Crippen LogP contribution in [0.25, 0.3) is 0 Å². The van der Waals surface area contributed by atoms with Crippen molar-refractivity contribution in [3.8, 4) is 0 Å². The van der Waals surface area contributed by atoms with Gasteiger partial charge in [0.05, 0.1) is 0 Å². The minimum atomic E-state index is -2.54. The number of nitrogens with zero attached hydrogens (tertiary/aromatic N) is 1. The van der Waals surface area contributed by atoms with Crippen molar-refractivity contribution >= 4 is 18.3 Å². The summed E-state index contributed by atoms with van der Waals surface area (Å²) in [6.07, 6.45) is -2.54. The van der Waals surface area contributed by atoms with Crippen molar-refractivity contribution < 1.29 is 13.6 Å². The van der Waals surface area contributed by atoms with Crippen LogP contribution in [-0.4, -0.2) is 35.9 Å². The molecule has 0 aromatic rings. The van der Waals surface area contributed by atoms with Crippen molar-refractivity contribution in [1.29, 1.82) is 0 Å². The zero-order valence-electron chi connectivity index (χ0n) is 6.59. The lowest BCUT2D eigenvalue weighted by Crippen LogP contribution is -2.71. The van der Waals surface area contributed by atoms with Crippen molar-refractivity contribution in [2.75, 3.05) is 13.1 Å². The van der Waals surface area contributed by atoms with E-state index >= 15 is 0 Å². The van der Waals surface area contributed by atoms with E-state index in [9.17, 15) is 13.6 Å². The summed E-state index contributed by atoms with van der Waals surface area (Å²) in [5.74, 6) is -0.202. The van der Waals surface area contributed by atoms with Crippen LogP contribution in [0.4, 0.5) is 8.78 Å². The van der Waals surface area contributed by atoms with Gasteiger partial charge in [-0.15, -0.1) is 12.4 Å². The molecule has 3 nitrogen and oxygen atoms in total. The van der Waals surface area contributed by atoms with Crippen LogP contribution >= 0.6 is 12.4 Å². The fraction of sp³-hybridized carbons (Fsp3) is 0.833. The maximum absolute atomic E-state index is 12.0. The van der Waals surface area contributed by atoms with Gasteiger partial charge in [-0.1, -0.05) is 0 Å². The van der Waals surface area contributed by atoms with Gasteiger partial charge in [0.2, 0.25) is 5.91 Å². The molecule has 2 N–H and O–H groups in total. The Balaban J connectivity index is 0.00000121. The first-order chi connectivity index (χ1) is 4.96. The largest absolute Gasteiger partial charge is 0.339 e. The smallest absolute Gasteiger partial charge is 0.259 e. The van der Waals surface area contributed by atoms with Crippen LogP contribution in [0.15, 0.2) is 0 Å². The molecular formula is C6H11ClF2N2O. The number of likely N-dealkylation sites (tertiary alicyclic amines) is 1. The Bertz CT molecular complexity index is 182. The average Bonchev–Trinajstić information content (AvgIpc) is 1.79. The van der Waals surface area contributed by atoms with E-state index in [1.165, 1.54) is 11.8 Å². The number of nitrogens with two attached hydrogens (primary N) is 1. The van der Waals surface area contributed by atoms with Gasteiger partial charge in [-0.25, -0.2) is 8.78 Å². The van der Waals surface area contributed by atoms with E-state index < -0.39 is 12.0 Å². The minimum absolute atomic E-state index is 0. The zero-order valence-corrected chi connectivity index (χ0v) is 7.41. The summed E-state index contributed by atoms with van der Waals surface area (Å²) >= 11 is 0. The van der Waals surface area contributed by atoms with Crippen LogP contribution < -0.4 is 5.73 Å². The molecule has 1 aliphatic rings. The van der Waals surface area contributed by atoms with Gasteiger partial charge in [0.1, 0.15) is 5.54 Å². The lowest BCUT2D eigenvalue weighted by molar-refractivity contribution is -0.141. The predicted molar refractivity (Wildman–Crippen MR) is 42.4 cm³/mol. The predicted octanol–water partition coefficient (Wildman–Crippen LogP) is 0.233. The Hall–Kier alpha value is -0.420. The van der Waals surface area contributed by atoms with Gasteiger partial charge in [0, 0.05) is 20.0 Å². The maximum Gasteiger partial charge on any atom is 0.259 e. The highest BCUT2D eigenvalue weighted by Crippen LogP contribution is 2.24. The Kier molecular flexibility index (Phi) is 3.41. The highest BCUT2D eigenvalue weighted by atomic mass is 35.5. The molecule has 0 spiro atoms. The van der Waals surface area contributed by atoms with Gasteiger partial charge in [0.25, 0.3) is 6.43 Å². The summed E-state index contributed by atoms with van der Waals surface area (Å²) in [5.41, 5.74) is 3.78. The number of alkyl halides is 2. The molecule has 1 saturated heterocycles. The molecule has 0 saturated carbocycles. The van der Waals surface area contributed by atoms with Gasteiger partial charge in [0.15, 0.2) is 0 Å². The fourth-order valence-corrected chi connectivity index (χ4v) is 1.03. The van der Waals surface area contributed by atoms with Crippen molar-refractivity contribution in [2.24, 2.45) is 5.73 Å². The van der Waals surface area contributed by atoms with E-state index in [-0.39, 0.29) is 31.4 Å². The van der Waals surface area contributed by atoms with Gasteiger partial charge in [-0.3, -0.25) is 4.79 Å². The summed E-state index contributed by atoms with van der Waals surface area (Å²) in [6, 6.07) is 0. The summed E-state index contributed by atoms with van der Waals surface area (Å²) in [5, 5.41) is 0. The van der Waals surface area contributed by atoms with Crippen LogP contribution in [0.5, 0.6) is 0 Å². The molecule has 0 bridgehead atoms. The molecule has 0 aromatic carbocycles. The van der Waals surface area contributed by atoms with E-state index in [0.717, 1.165) is 0 Å². The lowest BCUT2D eigenvalue weighted by Gasteiger charge is -2.46. The van der Waals surface area contributed by atoms with Crippen molar-refractivity contribution in [3.05, 3.63) is 0 Å². The first-order valence-corrected chi connectivity index (χ1v) is 3.28. The van der Waals surface area contributed by atoms with Crippen LogP contribution in [0.1, 0.15) is 6.92 Å². The normalized spacial score (nSPS) is 19.9. The Morgan fingerprint density at radius 3 is 2.25 bits per heavy atom. The summed E-state index contributed by atoms with van der Waals surface area (Å²) in [6.45, 7) is 1.28. The highest BCUT2D eigenvalue weighted by Gasteiger charge is 2.48. The molecule has 72 valence electrons. The van der Waals surface area contributed by atoms with Gasteiger partial charge < -0.3 is 10.6 Å². The van der Waals surface area contributed by atoms with Crippen LogP contribution in [0.3, 0.4) is 0 Å². The van der Waals surface area contributed by atoms with E-state index in [1.54, 1.807) is 0 Å². The molecule has 1 amide bonds. The Morgan fingerprint density at radius 2 is 2.00 bits per heavy atom. The summed E-state index contributed by atoms with van der Waals surface area (Å²) < 4.78 is 24.1. The molecule has 1 rings (SSSR count). The molecule has 0 atom stereocenters. The minimum Gasteiger partial charge on any atom is -0.339 e. The SMILES string of the molecule is CC(=O)N1CC(N)(C(F)F)C1.Cl. The Morgan fingerprint density at radius 1 is 1.58 bits per heavy atom. The van der Waals surface area contributed by atoms with Crippen molar-refractivity contribution in [2.45, 2.75) is 18.9 Å². The second kappa shape index (κ2) is 3.53. The standard InChI is InChI=1S/C6H10F2N2O.ClH/c1-4(11)10-2-6(9,3-10)5(7)8;/h5H,2-3,9H2,1H3;1H. The number of halogens is 3. The first-order valence-electron chi connectivity index (χ1n) is 3.28. The molecule has 1 fully saturated rings. The molecule has 12 heavy (non-hydrogen) atoms. The van der Waals surface area contributed by atoms with Gasteiger partial charge >= 0.3 is 0 Å². The van der Waals surface area contributed by atoms with Crippen molar-refractivity contribution in [1.82, 2.24) is 4.90 Å². The van der Waals surface area contributed by atoms with Crippen LogP contribution in [-0.2, 0) is 4.79 Å². The van der Waals surface area contributed by atoms with E-state index in [1.807, 2.05) is 0 Å². The third kappa shape index (κ3) is 1.84. The number of carbonyl (C=O) groups is 1. The second-order valence-corrected chi connectivity index (χ2v) is 2.91. The van der Waals surface area contributed by atoms with Crippen LogP contribution in [0, 0.1) is 0 Å². The molecule has 1 aliphatic heterocycles. The lowest BCUT2D eigenvalue weighted by atomic mass is 9.92. The maximum atomic E-state index is 12.0. The first kappa shape index (κ1) is 11.6. The fourth-order valence-electron chi connectivity index (χ4n) is 1.03. The topological polar surface area (TPSA) is 46.3 Å². The summed E-state index contributed by atoms with van der Waals surface area (Å²) in [4.78, 5) is 11.9. The van der Waals surface area contributed by atoms with E-state index in [0.29, 0.717) is 0 Å². The molecule has 0 aromatic heterocycles. The van der Waals surface area contributed by atoms with E-state index in [2.05, 4.69) is 0 Å². The zero-order chi connectivity index (χ0) is 8.65. The molecule has 0 radical (unpaired) electrons. The third-order valence-corrected chi connectivity index (χ3v) is 1.85. The molecule has 0 aliphatic carbocycles. The number of carbonyl (C=O) groups excluding carboxylic acids is 1. The molecule has 6 heteroatoms. The number of hydrogen-bond donors (Lipinski definition) is 1. The monoisotopic (exact) mass is 200 g/mol. The van der Waals surface area contributed by atoms with Gasteiger partial charge in [-0.2, -0.15) is 0 Å². The third-order valence-electron chi connectivity index (χ3n) is 1.85. The number of rotatable bonds is 1. The number of hydrogen-bond acceptors (Lipinski definition) is 2. The number of amides is 1. The quantitative estimate of drug-likeness (QED) is 0.659. The second-order valence-electron chi connectivity index (χ2n) is 2.91. The van der Waals surface area contributed by atoms with Crippen molar-refractivity contribution in [3.63, 3.8) is 0 Å².